The van der Waals surface area contributed by atoms with Crippen molar-refractivity contribution >= 4 is 0 Å². The quantitative estimate of drug-likeness (QED) is 0.277. The van der Waals surface area contributed by atoms with Crippen LogP contribution in [0.4, 0.5) is 0 Å². The van der Waals surface area contributed by atoms with E-state index in [1.54, 1.807) is 0 Å². The van der Waals surface area contributed by atoms with Crippen LogP contribution in [0.25, 0.3) is 0 Å². The molecular formula is C10H19LiN2. The maximum absolute atomic E-state index is 3.86. The van der Waals surface area contributed by atoms with Gasteiger partial charge in [0.25, 0.3) is 0 Å². The summed E-state index contributed by atoms with van der Waals surface area (Å²) in [5, 5.41) is 0. The van der Waals surface area contributed by atoms with E-state index in [0.29, 0.717) is 0 Å². The molecule has 0 aromatic carbocycles. The number of nitrogens with zero attached hydrogens (tertiary/aromatic N) is 2. The molecule has 2 nitrogen and oxygen atoms in total. The van der Waals surface area contributed by atoms with Gasteiger partial charge >= 0.3 is 18.9 Å². The molecule has 0 amide bonds. The molecule has 0 atom stereocenters. The van der Waals surface area contributed by atoms with E-state index in [-0.39, 0.29) is 18.9 Å². The molecule has 0 unspecified atom stereocenters. The molecule has 0 N–H and O–H groups in total. The summed E-state index contributed by atoms with van der Waals surface area (Å²) in [6.45, 7) is 14.6. The first-order chi connectivity index (χ1) is 5.86. The normalized spacial score (nSPS) is 19.5. The van der Waals surface area contributed by atoms with Crippen LogP contribution in [0.5, 0.6) is 0 Å². The van der Waals surface area contributed by atoms with Gasteiger partial charge in [0.15, 0.2) is 0 Å². The SMILES string of the molecule is C=CCN1CCN(CC[CH2-])CC1.[Li+]. The summed E-state index contributed by atoms with van der Waals surface area (Å²) in [7, 11) is 0. The molecule has 0 aliphatic carbocycles. The molecule has 1 rings (SSSR count). The summed E-state index contributed by atoms with van der Waals surface area (Å²) in [6, 6.07) is 0. The van der Waals surface area contributed by atoms with Crippen LogP contribution < -0.4 is 18.9 Å². The molecule has 1 heterocycles. The Hall–Kier alpha value is 0.257. The first-order valence-electron chi connectivity index (χ1n) is 4.71. The van der Waals surface area contributed by atoms with Gasteiger partial charge in [0.05, 0.1) is 0 Å². The minimum absolute atomic E-state index is 0. The fourth-order valence-electron chi connectivity index (χ4n) is 1.60. The minimum atomic E-state index is 0. The van der Waals surface area contributed by atoms with Gasteiger partial charge in [0, 0.05) is 32.7 Å². The van der Waals surface area contributed by atoms with Crippen LogP contribution in [0, 0.1) is 6.92 Å². The average molecular weight is 174 g/mol. The predicted octanol–water partition coefficient (Wildman–Crippen LogP) is -1.98. The third kappa shape index (κ3) is 4.88. The average Bonchev–Trinajstić information content (AvgIpc) is 2.09. The van der Waals surface area contributed by atoms with Crippen molar-refractivity contribution in [2.75, 3.05) is 39.3 Å². The first-order valence-corrected chi connectivity index (χ1v) is 4.71. The van der Waals surface area contributed by atoms with Gasteiger partial charge in [-0.1, -0.05) is 6.08 Å². The summed E-state index contributed by atoms with van der Waals surface area (Å²) >= 11 is 0. The Bertz CT molecular complexity index is 131. The van der Waals surface area contributed by atoms with Crippen LogP contribution in [0.2, 0.25) is 0 Å². The predicted molar refractivity (Wildman–Crippen MR) is 53.1 cm³/mol. The molecule has 13 heavy (non-hydrogen) atoms. The van der Waals surface area contributed by atoms with E-state index in [0.717, 1.165) is 19.5 Å². The second-order valence-electron chi connectivity index (χ2n) is 3.28. The van der Waals surface area contributed by atoms with Crippen LogP contribution in [-0.4, -0.2) is 49.1 Å². The van der Waals surface area contributed by atoms with Crippen molar-refractivity contribution in [3.8, 4) is 0 Å². The zero-order valence-electron chi connectivity index (χ0n) is 8.84. The standard InChI is InChI=1S/C10H19N2.Li/c1-3-5-11-7-9-12(6-4-2)10-8-11;/h3H,1-2,4-10H2;/q-1;+1. The number of hydrogen-bond acceptors (Lipinski definition) is 2. The molecule has 0 bridgehead atoms. The first kappa shape index (κ1) is 13.3. The zero-order chi connectivity index (χ0) is 8.81. The van der Waals surface area contributed by atoms with E-state index in [1.807, 2.05) is 6.08 Å². The van der Waals surface area contributed by atoms with Crippen molar-refractivity contribution in [3.63, 3.8) is 0 Å². The van der Waals surface area contributed by atoms with Crippen LogP contribution in [0.15, 0.2) is 12.7 Å². The molecule has 0 saturated carbocycles. The molecule has 70 valence electrons. The van der Waals surface area contributed by atoms with E-state index in [9.17, 15) is 0 Å². The summed E-state index contributed by atoms with van der Waals surface area (Å²) in [5.74, 6) is 0. The van der Waals surface area contributed by atoms with Crippen molar-refractivity contribution < 1.29 is 18.9 Å². The molecule has 3 heteroatoms. The van der Waals surface area contributed by atoms with Gasteiger partial charge in [-0.25, -0.2) is 0 Å². The van der Waals surface area contributed by atoms with Crippen molar-refractivity contribution in [2.24, 2.45) is 0 Å². The van der Waals surface area contributed by atoms with Gasteiger partial charge in [-0.3, -0.25) is 4.90 Å². The van der Waals surface area contributed by atoms with Gasteiger partial charge in [0.2, 0.25) is 0 Å². The van der Waals surface area contributed by atoms with Crippen molar-refractivity contribution in [1.29, 1.82) is 0 Å². The van der Waals surface area contributed by atoms with Crippen molar-refractivity contribution in [1.82, 2.24) is 9.80 Å². The molecule has 1 saturated heterocycles. The van der Waals surface area contributed by atoms with E-state index in [1.165, 1.54) is 26.2 Å². The van der Waals surface area contributed by atoms with Gasteiger partial charge in [0.1, 0.15) is 0 Å². The maximum Gasteiger partial charge on any atom is 1.00 e. The Balaban J connectivity index is 0.00000144. The Morgan fingerprint density at radius 3 is 2.15 bits per heavy atom. The van der Waals surface area contributed by atoms with Crippen LogP contribution in [0.1, 0.15) is 6.42 Å². The Kier molecular flexibility index (Phi) is 7.79. The number of hydrogen-bond donors (Lipinski definition) is 0. The minimum Gasteiger partial charge on any atom is -0.342 e. The van der Waals surface area contributed by atoms with Crippen LogP contribution in [-0.2, 0) is 0 Å². The molecule has 0 spiro atoms. The van der Waals surface area contributed by atoms with Gasteiger partial charge in [-0.05, 0) is 6.54 Å². The van der Waals surface area contributed by atoms with E-state index in [2.05, 4.69) is 23.3 Å². The Labute approximate surface area is 94.1 Å². The van der Waals surface area contributed by atoms with Crippen LogP contribution >= 0.6 is 0 Å². The topological polar surface area (TPSA) is 6.48 Å². The molecule has 0 aromatic rings. The largest absolute Gasteiger partial charge is 1.00 e. The fraction of sp³-hybridized carbons (Fsp3) is 0.700. The van der Waals surface area contributed by atoms with Gasteiger partial charge < -0.3 is 11.8 Å². The Morgan fingerprint density at radius 1 is 1.15 bits per heavy atom. The number of rotatable bonds is 4. The molecule has 1 fully saturated rings. The van der Waals surface area contributed by atoms with Gasteiger partial charge in [-0.15, -0.1) is 6.58 Å². The fourth-order valence-corrected chi connectivity index (χ4v) is 1.60. The monoisotopic (exact) mass is 174 g/mol. The molecular weight excluding hydrogens is 155 g/mol. The third-order valence-corrected chi connectivity index (χ3v) is 2.33. The smallest absolute Gasteiger partial charge is 0.342 e. The van der Waals surface area contributed by atoms with Crippen molar-refractivity contribution in [2.45, 2.75) is 6.42 Å². The van der Waals surface area contributed by atoms with E-state index < -0.39 is 0 Å². The maximum atomic E-state index is 3.86. The van der Waals surface area contributed by atoms with Gasteiger partial charge in [-0.2, -0.15) is 6.42 Å². The Morgan fingerprint density at radius 2 is 1.69 bits per heavy atom. The summed E-state index contributed by atoms with van der Waals surface area (Å²) in [4.78, 5) is 4.92. The second-order valence-corrected chi connectivity index (χ2v) is 3.28. The van der Waals surface area contributed by atoms with E-state index >= 15 is 0 Å². The summed E-state index contributed by atoms with van der Waals surface area (Å²) < 4.78 is 0. The summed E-state index contributed by atoms with van der Waals surface area (Å²) in [5.41, 5.74) is 0. The molecule has 1 aliphatic rings. The second kappa shape index (κ2) is 7.64. The molecule has 0 radical (unpaired) electrons. The third-order valence-electron chi connectivity index (χ3n) is 2.33. The zero-order valence-corrected chi connectivity index (χ0v) is 8.84. The number of piperazine rings is 1. The van der Waals surface area contributed by atoms with Crippen LogP contribution in [0.3, 0.4) is 0 Å². The molecule has 0 aromatic heterocycles. The summed E-state index contributed by atoms with van der Waals surface area (Å²) in [6.07, 6.45) is 3.01. The molecule has 1 aliphatic heterocycles. The van der Waals surface area contributed by atoms with Crippen molar-refractivity contribution in [3.05, 3.63) is 19.6 Å². The van der Waals surface area contributed by atoms with E-state index in [4.69, 9.17) is 0 Å².